The molecule has 40 heavy (non-hydrogen) atoms. The van der Waals surface area contributed by atoms with E-state index in [0.29, 0.717) is 23.4 Å². The fourth-order valence-electron chi connectivity index (χ4n) is 10.6. The maximum Gasteiger partial charge on any atom is 0.220 e. The van der Waals surface area contributed by atoms with Crippen LogP contribution in [0.2, 0.25) is 0 Å². The first-order valence-corrected chi connectivity index (χ1v) is 15.9. The Morgan fingerprint density at radius 2 is 1.62 bits per heavy atom. The Morgan fingerprint density at radius 3 is 2.30 bits per heavy atom. The summed E-state index contributed by atoms with van der Waals surface area (Å²) in [5.41, 5.74) is 6.34. The molecule has 5 aliphatic carbocycles. The normalized spacial score (nSPS) is 46.8. The highest BCUT2D eigenvalue weighted by Gasteiger charge is 2.67. The van der Waals surface area contributed by atoms with Crippen LogP contribution >= 0.6 is 0 Å². The molecule has 0 aromatic carbocycles. The molecule has 218 valence electrons. The molecule has 0 spiro atoms. The van der Waals surface area contributed by atoms with Crippen LogP contribution in [0.15, 0.2) is 58.6 Å². The Morgan fingerprint density at radius 1 is 0.975 bits per heavy atom. The summed E-state index contributed by atoms with van der Waals surface area (Å²) < 4.78 is 0. The van der Waals surface area contributed by atoms with Crippen LogP contribution in [0.25, 0.3) is 0 Å². The monoisotopic (exact) mass is 544 g/mol. The summed E-state index contributed by atoms with van der Waals surface area (Å²) in [4.78, 5) is 15.4. The highest BCUT2D eigenvalue weighted by molar-refractivity contribution is 6.06. The molecule has 0 bridgehead atoms. The predicted molar refractivity (Wildman–Crippen MR) is 164 cm³/mol. The second-order valence-corrected chi connectivity index (χ2v) is 15.9. The van der Waals surface area contributed by atoms with Crippen LogP contribution in [0, 0.1) is 33.0 Å². The maximum absolute atomic E-state index is 12.8. The molecular weight excluding hydrogens is 492 g/mol. The first kappa shape index (κ1) is 28.1. The Bertz CT molecular complexity index is 1290. The lowest BCUT2D eigenvalue weighted by atomic mass is 9.34. The van der Waals surface area contributed by atoms with Crippen molar-refractivity contribution in [3.63, 3.8) is 0 Å². The van der Waals surface area contributed by atoms with Crippen LogP contribution in [0.1, 0.15) is 100 Å². The van der Waals surface area contributed by atoms with Crippen LogP contribution < -0.4 is 5.32 Å². The number of carbonyl (C=O) groups excluding carboxylic acids is 1. The zero-order chi connectivity index (χ0) is 29.0. The van der Waals surface area contributed by atoms with Crippen LogP contribution in [-0.4, -0.2) is 41.0 Å². The Labute approximate surface area is 242 Å². The molecule has 2 unspecified atom stereocenters. The van der Waals surface area contributed by atoms with E-state index < -0.39 is 0 Å². The topological polar surface area (TPSA) is 52.6 Å². The van der Waals surface area contributed by atoms with Gasteiger partial charge in [-0.05, 0) is 105 Å². The van der Waals surface area contributed by atoms with Crippen molar-refractivity contribution in [3.05, 3.63) is 58.6 Å². The van der Waals surface area contributed by atoms with Gasteiger partial charge in [-0.3, -0.25) is 4.79 Å². The van der Waals surface area contributed by atoms with Gasteiger partial charge >= 0.3 is 0 Å². The highest BCUT2D eigenvalue weighted by atomic mass is 16.3. The molecule has 1 aliphatic heterocycles. The van der Waals surface area contributed by atoms with Crippen LogP contribution in [0.3, 0.4) is 0 Å². The van der Waals surface area contributed by atoms with Crippen molar-refractivity contribution >= 4 is 5.78 Å². The summed E-state index contributed by atoms with van der Waals surface area (Å²) in [6, 6.07) is 0.976. The molecule has 8 atom stereocenters. The van der Waals surface area contributed by atoms with E-state index in [0.717, 1.165) is 42.7 Å². The molecule has 0 amide bonds. The molecule has 6 rings (SSSR count). The van der Waals surface area contributed by atoms with Gasteiger partial charge in [-0.1, -0.05) is 58.9 Å². The summed E-state index contributed by atoms with van der Waals surface area (Å²) >= 11 is 0. The summed E-state index contributed by atoms with van der Waals surface area (Å²) in [6.07, 6.45) is 14.7. The quantitative estimate of drug-likeness (QED) is 0.372. The van der Waals surface area contributed by atoms with Gasteiger partial charge in [-0.25, -0.2) is 0 Å². The summed E-state index contributed by atoms with van der Waals surface area (Å²) in [7, 11) is 0. The van der Waals surface area contributed by atoms with Gasteiger partial charge in [0.1, 0.15) is 0 Å². The summed E-state index contributed by atoms with van der Waals surface area (Å²) in [6.45, 7) is 26.1. The number of aliphatic hydroxyl groups is 1. The lowest BCUT2D eigenvalue weighted by Gasteiger charge is -2.70. The Balaban J connectivity index is 1.38. The van der Waals surface area contributed by atoms with Crippen molar-refractivity contribution in [1.29, 1.82) is 0 Å². The predicted octanol–water partition coefficient (Wildman–Crippen LogP) is 7.81. The van der Waals surface area contributed by atoms with Crippen LogP contribution in [-0.2, 0) is 4.79 Å². The molecule has 0 radical (unpaired) electrons. The van der Waals surface area contributed by atoms with Gasteiger partial charge in [-0.2, -0.15) is 0 Å². The molecule has 2 N–H and O–H groups in total. The van der Waals surface area contributed by atoms with E-state index in [2.05, 4.69) is 70.8 Å². The number of carbonyl (C=O) groups is 1. The van der Waals surface area contributed by atoms with Crippen molar-refractivity contribution in [1.82, 2.24) is 10.2 Å². The van der Waals surface area contributed by atoms with Gasteiger partial charge in [0.25, 0.3) is 0 Å². The van der Waals surface area contributed by atoms with Gasteiger partial charge in [-0.15, -0.1) is 0 Å². The zero-order valence-corrected chi connectivity index (χ0v) is 26.3. The van der Waals surface area contributed by atoms with Gasteiger partial charge in [0.2, 0.25) is 5.78 Å². The lowest BCUT2D eigenvalue weighted by molar-refractivity contribution is -0.159. The molecule has 6 aliphatic rings. The first-order valence-electron chi connectivity index (χ1n) is 15.9. The van der Waals surface area contributed by atoms with Crippen molar-refractivity contribution in [3.8, 4) is 0 Å². The number of hydrogen-bond donors (Lipinski definition) is 2. The van der Waals surface area contributed by atoms with E-state index in [1.165, 1.54) is 43.4 Å². The molecule has 0 aromatic rings. The van der Waals surface area contributed by atoms with Crippen molar-refractivity contribution in [2.75, 3.05) is 13.1 Å². The number of rotatable bonds is 2. The van der Waals surface area contributed by atoms with E-state index in [1.807, 2.05) is 6.92 Å². The van der Waals surface area contributed by atoms with E-state index in [1.54, 1.807) is 6.08 Å². The Hall–Kier alpha value is -2.07. The fraction of sp³-hybridized carbons (Fsp3) is 0.694. The number of nitrogens with one attached hydrogen (secondary N) is 1. The van der Waals surface area contributed by atoms with Gasteiger partial charge < -0.3 is 15.3 Å². The summed E-state index contributed by atoms with van der Waals surface area (Å²) in [5.74, 6) is 0.293. The largest absolute Gasteiger partial charge is 0.504 e. The number of aliphatic hydroxyl groups excluding tert-OH is 1. The minimum atomic E-state index is -0.236. The van der Waals surface area contributed by atoms with E-state index in [4.69, 9.17) is 6.58 Å². The fourth-order valence-corrected chi connectivity index (χ4v) is 10.6. The standard InChI is InChI=1S/C36H52N2O2/c1-22-20-38(21-23(2)37-22)25(4)33(6)13-12-32(5)14-16-35(8)29-11-10-26-24(3)31(40)28(39)18-27(26)34(29,7)15-17-36(35,9)30(32)19-33/h10-11,18,22-23,30,37,40H,4,12-17,19-21H2,1-3,5-9H3/t22?,23?,30-,32-,33-,34+,35-,36+/m1/s1. The maximum atomic E-state index is 12.8. The van der Waals surface area contributed by atoms with Gasteiger partial charge in [0.05, 0.1) is 0 Å². The lowest BCUT2D eigenvalue weighted by Crippen LogP contribution is -2.62. The Kier molecular flexibility index (Phi) is 6.12. The minimum absolute atomic E-state index is 0.0604. The number of fused-ring (bicyclic) bond motifs is 7. The van der Waals surface area contributed by atoms with E-state index in [9.17, 15) is 9.90 Å². The number of nitrogens with zero attached hydrogens (tertiary/aromatic N) is 1. The SMILES string of the molecule is C=C(N1CC(C)NC(C)C1)[C@]1(C)CC[C@]2(C)CC[C@]3(C)C4=CC=C5C(=CC(=O)C(O)=C5C)[C@]4(C)CC[C@@]3(C)[C@@H]2C1. The average Bonchev–Trinajstić information content (AvgIpc) is 2.89. The second-order valence-electron chi connectivity index (χ2n) is 15.9. The van der Waals surface area contributed by atoms with Crippen LogP contribution in [0.4, 0.5) is 0 Å². The molecule has 1 heterocycles. The highest BCUT2D eigenvalue weighted by Crippen LogP contribution is 2.75. The van der Waals surface area contributed by atoms with Crippen molar-refractivity contribution in [2.45, 2.75) is 112 Å². The van der Waals surface area contributed by atoms with Crippen molar-refractivity contribution < 1.29 is 9.90 Å². The number of allylic oxidation sites excluding steroid dienone is 8. The van der Waals surface area contributed by atoms with E-state index >= 15 is 0 Å². The second kappa shape index (κ2) is 8.72. The third-order valence-corrected chi connectivity index (χ3v) is 13.5. The number of hydrogen-bond acceptors (Lipinski definition) is 4. The molecule has 4 fully saturated rings. The van der Waals surface area contributed by atoms with Crippen molar-refractivity contribution in [2.24, 2.45) is 33.0 Å². The van der Waals surface area contributed by atoms with E-state index in [-0.39, 0.29) is 33.2 Å². The first-order chi connectivity index (χ1) is 18.6. The van der Waals surface area contributed by atoms with Crippen LogP contribution in [0.5, 0.6) is 0 Å². The average molecular weight is 545 g/mol. The zero-order valence-electron chi connectivity index (χ0n) is 26.3. The third-order valence-electron chi connectivity index (χ3n) is 13.5. The molecule has 4 nitrogen and oxygen atoms in total. The molecular formula is C36H52N2O2. The van der Waals surface area contributed by atoms with Gasteiger partial charge in [0, 0.05) is 47.3 Å². The minimum Gasteiger partial charge on any atom is -0.504 e. The number of piperazine rings is 1. The third kappa shape index (κ3) is 3.63. The molecule has 0 aromatic heterocycles. The smallest absolute Gasteiger partial charge is 0.220 e. The molecule has 1 saturated heterocycles. The molecule has 3 saturated carbocycles. The number of ketones is 1. The summed E-state index contributed by atoms with van der Waals surface area (Å²) in [5, 5.41) is 14.1. The molecule has 4 heteroatoms. The van der Waals surface area contributed by atoms with Gasteiger partial charge in [0.15, 0.2) is 5.76 Å².